The molecule has 0 aliphatic carbocycles. The third-order valence-corrected chi connectivity index (χ3v) is 4.60. The minimum absolute atomic E-state index is 0.209. The molecular formula is C10H8BrClFNO3S. The van der Waals surface area contributed by atoms with Crippen LogP contribution in [0, 0.1) is 0 Å². The molecule has 18 heavy (non-hydrogen) atoms. The van der Waals surface area contributed by atoms with Crippen molar-refractivity contribution < 1.29 is 17.1 Å². The third-order valence-electron chi connectivity index (χ3n) is 2.69. The van der Waals surface area contributed by atoms with Crippen molar-refractivity contribution in [2.75, 3.05) is 11.4 Å². The summed E-state index contributed by atoms with van der Waals surface area (Å²) in [5.74, 6) is -0.453. The summed E-state index contributed by atoms with van der Waals surface area (Å²) in [6.07, 6.45) is -0.356. The van der Waals surface area contributed by atoms with E-state index in [9.17, 15) is 17.1 Å². The Kier molecular flexibility index (Phi) is 3.66. The molecule has 2 rings (SSSR count). The first-order valence-corrected chi connectivity index (χ1v) is 7.59. The minimum Gasteiger partial charge on any atom is -0.309 e. The summed E-state index contributed by atoms with van der Waals surface area (Å²) in [6.45, 7) is -0.209. The predicted molar refractivity (Wildman–Crippen MR) is 69.9 cm³/mol. The smallest absolute Gasteiger partial charge is 0.307 e. The Morgan fingerprint density at radius 1 is 1.44 bits per heavy atom. The van der Waals surface area contributed by atoms with Gasteiger partial charge in [-0.1, -0.05) is 27.5 Å². The first-order chi connectivity index (χ1) is 8.29. The average Bonchev–Trinajstić information content (AvgIpc) is 2.60. The number of rotatable bonds is 2. The van der Waals surface area contributed by atoms with E-state index in [1.165, 1.54) is 4.90 Å². The quantitative estimate of drug-likeness (QED) is 0.765. The fraction of sp³-hybridized carbons (Fsp3) is 0.300. The summed E-state index contributed by atoms with van der Waals surface area (Å²) in [6, 6.07) is 4.84. The van der Waals surface area contributed by atoms with E-state index in [2.05, 4.69) is 15.9 Å². The predicted octanol–water partition coefficient (Wildman–Crippen LogP) is 2.51. The first kappa shape index (κ1) is 13.8. The summed E-state index contributed by atoms with van der Waals surface area (Å²) >= 11 is 9.19. The molecular weight excluding hydrogens is 349 g/mol. The highest BCUT2D eigenvalue weighted by Crippen LogP contribution is 2.33. The lowest BCUT2D eigenvalue weighted by Crippen LogP contribution is -2.27. The van der Waals surface area contributed by atoms with E-state index < -0.39 is 21.4 Å². The molecule has 0 radical (unpaired) electrons. The van der Waals surface area contributed by atoms with E-state index in [-0.39, 0.29) is 13.0 Å². The molecule has 1 heterocycles. The van der Waals surface area contributed by atoms with Crippen molar-refractivity contribution in [1.82, 2.24) is 0 Å². The van der Waals surface area contributed by atoms with Crippen LogP contribution in [0.1, 0.15) is 6.42 Å². The van der Waals surface area contributed by atoms with E-state index in [0.717, 1.165) is 4.47 Å². The summed E-state index contributed by atoms with van der Waals surface area (Å²) in [5, 5.41) is -1.01. The molecule has 1 aromatic rings. The van der Waals surface area contributed by atoms with Gasteiger partial charge in [-0.2, -0.15) is 8.42 Å². The van der Waals surface area contributed by atoms with Crippen molar-refractivity contribution in [2.24, 2.45) is 0 Å². The van der Waals surface area contributed by atoms with Crippen LogP contribution in [0.25, 0.3) is 0 Å². The number of anilines is 1. The maximum absolute atomic E-state index is 12.9. The van der Waals surface area contributed by atoms with Gasteiger partial charge in [0.2, 0.25) is 5.91 Å². The molecule has 0 N–H and O–H groups in total. The van der Waals surface area contributed by atoms with Gasteiger partial charge < -0.3 is 4.90 Å². The maximum atomic E-state index is 12.9. The van der Waals surface area contributed by atoms with Gasteiger partial charge in [0.1, 0.15) is 5.25 Å². The van der Waals surface area contributed by atoms with Gasteiger partial charge in [-0.25, -0.2) is 0 Å². The first-order valence-electron chi connectivity index (χ1n) is 4.98. The molecule has 1 aliphatic rings. The van der Waals surface area contributed by atoms with Crippen molar-refractivity contribution >= 4 is 49.3 Å². The van der Waals surface area contributed by atoms with Crippen LogP contribution in [0.15, 0.2) is 22.7 Å². The summed E-state index contributed by atoms with van der Waals surface area (Å²) in [5.41, 5.74) is 0.385. The summed E-state index contributed by atoms with van der Waals surface area (Å²) < 4.78 is 35.2. The average molecular weight is 357 g/mol. The normalized spacial score (nSPS) is 20.5. The van der Waals surface area contributed by atoms with Crippen LogP contribution >= 0.6 is 27.5 Å². The van der Waals surface area contributed by atoms with Crippen molar-refractivity contribution in [2.45, 2.75) is 11.7 Å². The van der Waals surface area contributed by atoms with Crippen LogP contribution in [-0.2, 0) is 15.0 Å². The summed E-state index contributed by atoms with van der Waals surface area (Å²) in [4.78, 5) is 12.9. The number of benzene rings is 1. The Morgan fingerprint density at radius 3 is 2.61 bits per heavy atom. The molecule has 4 nitrogen and oxygen atoms in total. The Bertz CT molecular complexity index is 607. The SMILES string of the molecule is O=C1CC(S(=O)(=O)F)CN1c1ccc(Br)cc1Cl. The van der Waals surface area contributed by atoms with E-state index in [1.807, 2.05) is 0 Å². The van der Waals surface area contributed by atoms with Gasteiger partial charge in [0.25, 0.3) is 0 Å². The van der Waals surface area contributed by atoms with Gasteiger partial charge in [-0.05, 0) is 18.2 Å². The van der Waals surface area contributed by atoms with Crippen molar-refractivity contribution in [3.8, 4) is 0 Å². The lowest BCUT2D eigenvalue weighted by molar-refractivity contribution is -0.117. The van der Waals surface area contributed by atoms with Crippen molar-refractivity contribution in [3.05, 3.63) is 27.7 Å². The zero-order chi connectivity index (χ0) is 13.5. The second-order valence-corrected chi connectivity index (χ2v) is 6.84. The molecule has 1 atom stereocenters. The number of nitrogens with zero attached hydrogens (tertiary/aromatic N) is 1. The van der Waals surface area contributed by atoms with Gasteiger partial charge in [0.15, 0.2) is 0 Å². The molecule has 0 spiro atoms. The van der Waals surface area contributed by atoms with Gasteiger partial charge in [-0.3, -0.25) is 4.79 Å². The minimum atomic E-state index is -4.71. The van der Waals surface area contributed by atoms with Crippen LogP contribution < -0.4 is 4.90 Å². The fourth-order valence-corrected chi connectivity index (χ4v) is 3.24. The van der Waals surface area contributed by atoms with E-state index in [1.54, 1.807) is 18.2 Å². The molecule has 0 aromatic heterocycles. The Hall–Kier alpha value is -0.660. The lowest BCUT2D eigenvalue weighted by atomic mass is 10.3. The number of halogens is 3. The maximum Gasteiger partial charge on any atom is 0.307 e. The number of hydrogen-bond acceptors (Lipinski definition) is 3. The zero-order valence-corrected chi connectivity index (χ0v) is 12.1. The Labute approximate surface area is 117 Å². The highest BCUT2D eigenvalue weighted by molar-refractivity contribution is 9.10. The van der Waals surface area contributed by atoms with E-state index >= 15 is 0 Å². The van der Waals surface area contributed by atoms with Crippen LogP contribution in [0.4, 0.5) is 9.57 Å². The highest BCUT2D eigenvalue weighted by atomic mass is 79.9. The number of amides is 1. The van der Waals surface area contributed by atoms with Crippen molar-refractivity contribution in [3.63, 3.8) is 0 Å². The summed E-state index contributed by atoms with van der Waals surface area (Å²) in [7, 11) is -4.71. The molecule has 1 aromatic carbocycles. The lowest BCUT2D eigenvalue weighted by Gasteiger charge is -2.17. The molecule has 8 heteroatoms. The third kappa shape index (κ3) is 2.67. The second kappa shape index (κ2) is 4.79. The standard InChI is InChI=1S/C10H8BrClFNO3S/c11-6-1-2-9(8(12)3-6)14-5-7(4-10(14)15)18(13,16)17/h1-3,7H,4-5H2. The van der Waals surface area contributed by atoms with E-state index in [4.69, 9.17) is 11.6 Å². The fourth-order valence-electron chi connectivity index (χ4n) is 1.80. The van der Waals surface area contributed by atoms with Gasteiger partial charge >= 0.3 is 10.2 Å². The molecule has 1 saturated heterocycles. The highest BCUT2D eigenvalue weighted by Gasteiger charge is 2.39. The largest absolute Gasteiger partial charge is 0.309 e. The molecule has 1 aliphatic heterocycles. The molecule has 1 unspecified atom stereocenters. The molecule has 0 saturated carbocycles. The van der Waals surface area contributed by atoms with Crippen molar-refractivity contribution in [1.29, 1.82) is 0 Å². The second-order valence-electron chi connectivity index (χ2n) is 3.90. The van der Waals surface area contributed by atoms with Crippen LogP contribution in [0.2, 0.25) is 5.02 Å². The number of carbonyl (C=O) groups is 1. The van der Waals surface area contributed by atoms with Crippen LogP contribution in [0.5, 0.6) is 0 Å². The van der Waals surface area contributed by atoms with Gasteiger partial charge in [-0.15, -0.1) is 3.89 Å². The number of hydrogen-bond donors (Lipinski definition) is 0. The van der Waals surface area contributed by atoms with Gasteiger partial charge in [0, 0.05) is 17.4 Å². The monoisotopic (exact) mass is 355 g/mol. The Balaban J connectivity index is 2.33. The van der Waals surface area contributed by atoms with Crippen LogP contribution in [-0.4, -0.2) is 26.1 Å². The molecule has 0 bridgehead atoms. The molecule has 1 fully saturated rings. The number of carbonyl (C=O) groups excluding carboxylic acids is 1. The van der Waals surface area contributed by atoms with Gasteiger partial charge in [0.05, 0.1) is 10.7 Å². The molecule has 1 amide bonds. The topological polar surface area (TPSA) is 54.5 Å². The zero-order valence-electron chi connectivity index (χ0n) is 8.94. The Morgan fingerprint density at radius 2 is 2.11 bits per heavy atom. The van der Waals surface area contributed by atoms with E-state index in [0.29, 0.717) is 10.7 Å². The van der Waals surface area contributed by atoms with Crippen LogP contribution in [0.3, 0.4) is 0 Å². The molecule has 98 valence electrons.